The molecule has 0 bridgehead atoms. The summed E-state index contributed by atoms with van der Waals surface area (Å²) in [6, 6.07) is 9.03. The first-order valence-corrected chi connectivity index (χ1v) is 5.45. The third kappa shape index (κ3) is 2.40. The molecule has 16 heavy (non-hydrogen) atoms. The van der Waals surface area contributed by atoms with Crippen LogP contribution in [0.1, 0.15) is 10.8 Å². The van der Waals surface area contributed by atoms with Gasteiger partial charge in [-0.25, -0.2) is 4.98 Å². The number of benzene rings is 1. The normalized spacial score (nSPS) is 12.2. The lowest BCUT2D eigenvalue weighted by Crippen LogP contribution is -2.08. The molecule has 2 N–H and O–H groups in total. The van der Waals surface area contributed by atoms with Crippen LogP contribution in [0.4, 0.5) is 0 Å². The smallest absolute Gasteiger partial charge is 0.321 e. The van der Waals surface area contributed by atoms with E-state index in [4.69, 9.17) is 5.11 Å². The van der Waals surface area contributed by atoms with E-state index in [-0.39, 0.29) is 0 Å². The minimum absolute atomic E-state index is 0.497. The van der Waals surface area contributed by atoms with Crippen molar-refractivity contribution in [2.45, 2.75) is 10.4 Å². The summed E-state index contributed by atoms with van der Waals surface area (Å²) in [7, 11) is 0. The average molecular weight is 235 g/mol. The molecule has 2 aromatic rings. The number of aromatic nitrogens is 3. The molecule has 2 rings (SSSR count). The minimum Gasteiger partial charge on any atom is -0.480 e. The topological polar surface area (TPSA) is 78.9 Å². The Morgan fingerprint density at radius 2 is 2.12 bits per heavy atom. The Kier molecular flexibility index (Phi) is 3.21. The van der Waals surface area contributed by atoms with Crippen LogP contribution in [0.3, 0.4) is 0 Å². The Morgan fingerprint density at radius 1 is 1.38 bits per heavy atom. The molecule has 0 aliphatic rings. The number of rotatable bonds is 4. The fourth-order valence-corrected chi connectivity index (χ4v) is 2.08. The van der Waals surface area contributed by atoms with E-state index in [0.717, 1.165) is 17.3 Å². The Balaban J connectivity index is 2.22. The Hall–Kier alpha value is -1.82. The highest BCUT2D eigenvalue weighted by atomic mass is 32.2. The lowest BCUT2D eigenvalue weighted by atomic mass is 10.1. The Labute approximate surface area is 95.9 Å². The van der Waals surface area contributed by atoms with E-state index >= 15 is 0 Å². The summed E-state index contributed by atoms with van der Waals surface area (Å²) in [5.74, 6) is -0.896. The zero-order chi connectivity index (χ0) is 11.4. The van der Waals surface area contributed by atoms with Crippen molar-refractivity contribution < 1.29 is 9.90 Å². The quantitative estimate of drug-likeness (QED) is 0.789. The van der Waals surface area contributed by atoms with Crippen LogP contribution in [-0.4, -0.2) is 26.3 Å². The highest BCUT2D eigenvalue weighted by Crippen LogP contribution is 2.32. The summed E-state index contributed by atoms with van der Waals surface area (Å²) in [5.41, 5.74) is 0.733. The third-order valence-corrected chi connectivity index (χ3v) is 3.08. The Bertz CT molecular complexity index is 458. The second kappa shape index (κ2) is 4.80. The molecule has 6 heteroatoms. The van der Waals surface area contributed by atoms with Gasteiger partial charge in [-0.15, -0.1) is 0 Å². The van der Waals surface area contributed by atoms with E-state index in [9.17, 15) is 4.79 Å². The van der Waals surface area contributed by atoms with Crippen molar-refractivity contribution in [1.82, 2.24) is 15.2 Å². The first-order valence-electron chi connectivity index (χ1n) is 4.57. The molecule has 1 aromatic carbocycles. The summed E-state index contributed by atoms with van der Waals surface area (Å²) < 4.78 is 0. The monoisotopic (exact) mass is 235 g/mol. The summed E-state index contributed by atoms with van der Waals surface area (Å²) in [6.07, 6.45) is 1.35. The molecule has 0 radical (unpaired) electrons. The van der Waals surface area contributed by atoms with Gasteiger partial charge in [0.1, 0.15) is 11.6 Å². The van der Waals surface area contributed by atoms with Gasteiger partial charge in [0, 0.05) is 0 Å². The molecule has 0 amide bonds. The van der Waals surface area contributed by atoms with Gasteiger partial charge >= 0.3 is 5.97 Å². The molecule has 1 heterocycles. The number of aliphatic carboxylic acids is 1. The number of H-pyrrole nitrogens is 1. The number of nitrogens with zero attached hydrogens (tertiary/aromatic N) is 2. The van der Waals surface area contributed by atoms with Crippen LogP contribution in [-0.2, 0) is 4.79 Å². The summed E-state index contributed by atoms with van der Waals surface area (Å²) in [6.45, 7) is 0. The lowest BCUT2D eigenvalue weighted by Gasteiger charge is -2.09. The molecule has 82 valence electrons. The standard InChI is InChI=1S/C10H9N3O2S/c14-9(15)8(7-4-2-1-3-5-7)16-10-11-6-12-13-10/h1-6,8H,(H,14,15)(H,11,12,13)/t8-/m0/s1. The number of thioether (sulfide) groups is 1. The molecule has 0 unspecified atom stereocenters. The van der Waals surface area contributed by atoms with Crippen LogP contribution < -0.4 is 0 Å². The average Bonchev–Trinajstić information content (AvgIpc) is 2.79. The molecule has 0 aliphatic carbocycles. The molecule has 0 saturated carbocycles. The molecular formula is C10H9N3O2S. The van der Waals surface area contributed by atoms with Crippen molar-refractivity contribution in [2.24, 2.45) is 0 Å². The van der Waals surface area contributed by atoms with Gasteiger partial charge < -0.3 is 5.11 Å². The predicted molar refractivity (Wildman–Crippen MR) is 59.1 cm³/mol. The number of carboxylic acid groups (broad SMARTS) is 1. The lowest BCUT2D eigenvalue weighted by molar-refractivity contribution is -0.136. The number of nitrogens with one attached hydrogen (secondary N) is 1. The number of hydrogen-bond acceptors (Lipinski definition) is 4. The van der Waals surface area contributed by atoms with Crippen molar-refractivity contribution in [3.8, 4) is 0 Å². The highest BCUT2D eigenvalue weighted by Gasteiger charge is 2.22. The first kappa shape index (κ1) is 10.7. The first-order chi connectivity index (χ1) is 7.77. The van der Waals surface area contributed by atoms with Gasteiger partial charge in [0.2, 0.25) is 0 Å². The van der Waals surface area contributed by atoms with Crippen LogP contribution in [0.5, 0.6) is 0 Å². The van der Waals surface area contributed by atoms with Crippen LogP contribution in [0.15, 0.2) is 41.8 Å². The fourth-order valence-electron chi connectivity index (χ4n) is 1.25. The number of hydrogen-bond donors (Lipinski definition) is 2. The third-order valence-electron chi connectivity index (χ3n) is 1.95. The molecular weight excluding hydrogens is 226 g/mol. The second-order valence-corrected chi connectivity index (χ2v) is 4.13. The van der Waals surface area contributed by atoms with Gasteiger partial charge in [-0.1, -0.05) is 42.1 Å². The zero-order valence-corrected chi connectivity index (χ0v) is 9.02. The van der Waals surface area contributed by atoms with Gasteiger partial charge in [-0.2, -0.15) is 5.10 Å². The van der Waals surface area contributed by atoms with Crippen molar-refractivity contribution in [3.63, 3.8) is 0 Å². The fraction of sp³-hybridized carbons (Fsp3) is 0.100. The van der Waals surface area contributed by atoms with Crippen LogP contribution in [0.2, 0.25) is 0 Å². The molecule has 5 nitrogen and oxygen atoms in total. The maximum Gasteiger partial charge on any atom is 0.321 e. The van der Waals surface area contributed by atoms with E-state index in [0.29, 0.717) is 5.16 Å². The maximum atomic E-state index is 11.1. The SMILES string of the molecule is O=C(O)[C@@H](Sc1ncn[nH]1)c1ccccc1. The van der Waals surface area contributed by atoms with Crippen LogP contribution in [0, 0.1) is 0 Å². The van der Waals surface area contributed by atoms with Gasteiger partial charge in [0.25, 0.3) is 0 Å². The largest absolute Gasteiger partial charge is 0.480 e. The zero-order valence-electron chi connectivity index (χ0n) is 8.20. The summed E-state index contributed by atoms with van der Waals surface area (Å²) in [4.78, 5) is 15.0. The second-order valence-electron chi connectivity index (χ2n) is 3.04. The van der Waals surface area contributed by atoms with E-state index in [1.165, 1.54) is 6.33 Å². The molecule has 0 saturated heterocycles. The molecule has 1 atom stereocenters. The summed E-state index contributed by atoms with van der Waals surface area (Å²) >= 11 is 1.13. The van der Waals surface area contributed by atoms with Crippen molar-refractivity contribution in [3.05, 3.63) is 42.2 Å². The van der Waals surface area contributed by atoms with Gasteiger partial charge in [0.15, 0.2) is 5.16 Å². The van der Waals surface area contributed by atoms with Gasteiger partial charge in [-0.05, 0) is 5.56 Å². The maximum absolute atomic E-state index is 11.1. The molecule has 0 fully saturated rings. The van der Waals surface area contributed by atoms with Crippen LogP contribution >= 0.6 is 11.8 Å². The number of carboxylic acids is 1. The highest BCUT2D eigenvalue weighted by molar-refractivity contribution is 8.00. The van der Waals surface area contributed by atoms with E-state index < -0.39 is 11.2 Å². The Morgan fingerprint density at radius 3 is 2.69 bits per heavy atom. The number of aromatic amines is 1. The van der Waals surface area contributed by atoms with Crippen molar-refractivity contribution >= 4 is 17.7 Å². The van der Waals surface area contributed by atoms with Gasteiger partial charge in [-0.3, -0.25) is 9.89 Å². The van der Waals surface area contributed by atoms with Crippen LogP contribution in [0.25, 0.3) is 0 Å². The molecule has 0 aliphatic heterocycles. The summed E-state index contributed by atoms with van der Waals surface area (Å²) in [5, 5.41) is 15.3. The minimum atomic E-state index is -0.896. The van der Waals surface area contributed by atoms with Gasteiger partial charge in [0.05, 0.1) is 0 Å². The van der Waals surface area contributed by atoms with E-state index in [2.05, 4.69) is 15.2 Å². The molecule has 1 aromatic heterocycles. The number of carbonyl (C=O) groups is 1. The predicted octanol–water partition coefficient (Wildman–Crippen LogP) is 1.72. The van der Waals surface area contributed by atoms with Crippen molar-refractivity contribution in [1.29, 1.82) is 0 Å². The van der Waals surface area contributed by atoms with E-state index in [1.54, 1.807) is 12.1 Å². The van der Waals surface area contributed by atoms with E-state index in [1.807, 2.05) is 18.2 Å². The van der Waals surface area contributed by atoms with Crippen molar-refractivity contribution in [2.75, 3.05) is 0 Å². The molecule has 0 spiro atoms.